The van der Waals surface area contributed by atoms with E-state index >= 15 is 0 Å². The molecule has 0 radical (unpaired) electrons. The van der Waals surface area contributed by atoms with E-state index in [4.69, 9.17) is 14.0 Å². The van der Waals surface area contributed by atoms with Gasteiger partial charge in [0.2, 0.25) is 5.91 Å². The molecule has 32 heavy (non-hydrogen) atoms. The van der Waals surface area contributed by atoms with E-state index < -0.39 is 6.04 Å². The minimum absolute atomic E-state index is 0.171. The Morgan fingerprint density at radius 3 is 2.72 bits per heavy atom. The van der Waals surface area contributed by atoms with Crippen LogP contribution in [0.15, 0.2) is 53.1 Å². The van der Waals surface area contributed by atoms with Crippen LogP contribution in [-0.2, 0) is 17.8 Å². The molecule has 0 aliphatic carbocycles. The molecule has 8 heteroatoms. The van der Waals surface area contributed by atoms with Gasteiger partial charge in [-0.3, -0.25) is 9.59 Å². The molecule has 0 saturated carbocycles. The molecule has 1 aromatic heterocycles. The molecule has 0 saturated heterocycles. The number of nitrogens with one attached hydrogen (secondary N) is 1. The second-order valence-corrected chi connectivity index (χ2v) is 7.54. The van der Waals surface area contributed by atoms with Crippen molar-refractivity contribution in [2.75, 3.05) is 19.0 Å². The number of carbonyl (C=O) groups excluding carboxylic acids is 2. The minimum Gasteiger partial charge on any atom is -0.493 e. The van der Waals surface area contributed by atoms with Crippen LogP contribution in [0.3, 0.4) is 0 Å². The third-order valence-corrected chi connectivity index (χ3v) is 5.36. The first-order chi connectivity index (χ1) is 15.5. The molecule has 1 aliphatic heterocycles. The van der Waals surface area contributed by atoms with E-state index in [2.05, 4.69) is 10.5 Å². The molecule has 166 valence electrons. The summed E-state index contributed by atoms with van der Waals surface area (Å²) in [6.07, 6.45) is 0.297. The number of amides is 2. The summed E-state index contributed by atoms with van der Waals surface area (Å²) in [6.45, 7) is 4.51. The first-order valence-electron chi connectivity index (χ1n) is 10.4. The van der Waals surface area contributed by atoms with E-state index in [0.717, 1.165) is 11.1 Å². The minimum atomic E-state index is -0.755. The zero-order valence-corrected chi connectivity index (χ0v) is 18.3. The van der Waals surface area contributed by atoms with Crippen LogP contribution in [0.5, 0.6) is 11.5 Å². The first-order valence-corrected chi connectivity index (χ1v) is 10.4. The van der Waals surface area contributed by atoms with Gasteiger partial charge >= 0.3 is 0 Å². The Balaban J connectivity index is 1.63. The van der Waals surface area contributed by atoms with E-state index in [1.165, 1.54) is 0 Å². The van der Waals surface area contributed by atoms with Crippen LogP contribution in [0.25, 0.3) is 0 Å². The van der Waals surface area contributed by atoms with Gasteiger partial charge in [-0.25, -0.2) is 0 Å². The topological polar surface area (TPSA) is 93.9 Å². The Hall–Kier alpha value is -3.81. The molecule has 2 amide bonds. The van der Waals surface area contributed by atoms with E-state index in [9.17, 15) is 9.59 Å². The molecule has 1 atom stereocenters. The van der Waals surface area contributed by atoms with E-state index in [-0.39, 0.29) is 11.8 Å². The molecule has 2 heterocycles. The molecule has 1 N–H and O–H groups in total. The Labute approximate surface area is 186 Å². The highest BCUT2D eigenvalue weighted by molar-refractivity contribution is 6.03. The summed E-state index contributed by atoms with van der Waals surface area (Å²) in [4.78, 5) is 28.0. The van der Waals surface area contributed by atoms with Gasteiger partial charge in [0.15, 0.2) is 17.3 Å². The number of rotatable bonds is 8. The molecular formula is C24H25N3O5. The third-order valence-electron chi connectivity index (χ3n) is 5.36. The lowest BCUT2D eigenvalue weighted by Crippen LogP contribution is -2.45. The lowest BCUT2D eigenvalue weighted by Gasteiger charge is -2.27. The van der Waals surface area contributed by atoms with Crippen molar-refractivity contribution in [2.24, 2.45) is 0 Å². The Kier molecular flexibility index (Phi) is 6.11. The number of hydrogen-bond acceptors (Lipinski definition) is 6. The van der Waals surface area contributed by atoms with Crippen molar-refractivity contribution in [1.29, 1.82) is 0 Å². The number of anilines is 1. The van der Waals surface area contributed by atoms with Crippen molar-refractivity contribution in [1.82, 2.24) is 10.1 Å². The van der Waals surface area contributed by atoms with Crippen LogP contribution in [0, 0.1) is 6.92 Å². The number of fused-ring (bicyclic) bond motifs is 1. The van der Waals surface area contributed by atoms with Gasteiger partial charge in [-0.15, -0.1) is 0 Å². The van der Waals surface area contributed by atoms with Crippen LogP contribution in [0.1, 0.15) is 34.2 Å². The molecular weight excluding hydrogens is 410 g/mol. The standard InChI is InChI=1S/C24H25N3O5/c1-4-31-20-10-9-16(13-21(20)30-3)12-19(23(28)25-22-11-15(2)32-26-22)27-14-17-7-5-6-8-18(17)24(27)29/h5-11,13,19H,4,12,14H2,1-3H3,(H,25,26,28). The second kappa shape index (κ2) is 9.13. The Bertz CT molecular complexity index is 1140. The van der Waals surface area contributed by atoms with Gasteiger partial charge in [0.25, 0.3) is 5.91 Å². The molecule has 0 fully saturated rings. The fourth-order valence-electron chi connectivity index (χ4n) is 3.84. The summed E-state index contributed by atoms with van der Waals surface area (Å²) in [5.41, 5.74) is 2.36. The van der Waals surface area contributed by atoms with Gasteiger partial charge in [-0.1, -0.05) is 29.4 Å². The molecule has 8 nitrogen and oxygen atoms in total. The zero-order valence-electron chi connectivity index (χ0n) is 18.3. The van der Waals surface area contributed by atoms with E-state index in [1.807, 2.05) is 43.3 Å². The smallest absolute Gasteiger partial charge is 0.255 e. The number of carbonyl (C=O) groups is 2. The van der Waals surface area contributed by atoms with Crippen LogP contribution in [0.2, 0.25) is 0 Å². The van der Waals surface area contributed by atoms with Crippen molar-refractivity contribution >= 4 is 17.6 Å². The number of methoxy groups -OCH3 is 1. The number of nitrogens with zero attached hydrogens (tertiary/aromatic N) is 2. The summed E-state index contributed by atoms with van der Waals surface area (Å²) in [7, 11) is 1.57. The molecule has 0 bridgehead atoms. The summed E-state index contributed by atoms with van der Waals surface area (Å²) in [5, 5.41) is 6.62. The van der Waals surface area contributed by atoms with Gasteiger partial charge in [-0.05, 0) is 43.2 Å². The largest absolute Gasteiger partial charge is 0.493 e. The van der Waals surface area contributed by atoms with Crippen molar-refractivity contribution in [3.63, 3.8) is 0 Å². The summed E-state index contributed by atoms with van der Waals surface area (Å²) < 4.78 is 16.1. The SMILES string of the molecule is CCOc1ccc(CC(C(=O)Nc2cc(C)on2)N2Cc3ccccc3C2=O)cc1OC. The van der Waals surface area contributed by atoms with Gasteiger partial charge in [0.1, 0.15) is 11.8 Å². The normalized spacial score (nSPS) is 13.6. The molecule has 3 aromatic rings. The van der Waals surface area contributed by atoms with Gasteiger partial charge in [-0.2, -0.15) is 0 Å². The molecule has 1 unspecified atom stereocenters. The Morgan fingerprint density at radius 1 is 1.22 bits per heavy atom. The highest BCUT2D eigenvalue weighted by atomic mass is 16.5. The van der Waals surface area contributed by atoms with E-state index in [0.29, 0.717) is 48.2 Å². The fraction of sp³-hybridized carbons (Fsp3) is 0.292. The number of hydrogen-bond donors (Lipinski definition) is 1. The summed E-state index contributed by atoms with van der Waals surface area (Å²) >= 11 is 0. The second-order valence-electron chi connectivity index (χ2n) is 7.54. The van der Waals surface area contributed by atoms with Crippen molar-refractivity contribution in [3.05, 3.63) is 71.0 Å². The molecule has 4 rings (SSSR count). The highest BCUT2D eigenvalue weighted by Gasteiger charge is 2.36. The maximum atomic E-state index is 13.3. The zero-order chi connectivity index (χ0) is 22.7. The number of benzene rings is 2. The Morgan fingerprint density at radius 2 is 2.03 bits per heavy atom. The number of ether oxygens (including phenoxy) is 2. The summed E-state index contributed by atoms with van der Waals surface area (Å²) in [5.74, 6) is 1.58. The lowest BCUT2D eigenvalue weighted by molar-refractivity contribution is -0.120. The average molecular weight is 435 g/mol. The monoisotopic (exact) mass is 435 g/mol. The van der Waals surface area contributed by atoms with E-state index in [1.54, 1.807) is 31.1 Å². The number of aromatic nitrogens is 1. The molecule has 0 spiro atoms. The quantitative estimate of drug-likeness (QED) is 0.581. The van der Waals surface area contributed by atoms with Gasteiger partial charge in [0, 0.05) is 24.6 Å². The average Bonchev–Trinajstić information content (AvgIpc) is 3.35. The first kappa shape index (κ1) is 21.4. The molecule has 2 aromatic carbocycles. The fourth-order valence-corrected chi connectivity index (χ4v) is 3.84. The van der Waals surface area contributed by atoms with Crippen LogP contribution in [0.4, 0.5) is 5.82 Å². The predicted octanol–water partition coefficient (Wildman–Crippen LogP) is 3.60. The summed E-state index contributed by atoms with van der Waals surface area (Å²) in [6, 6.07) is 13.8. The van der Waals surface area contributed by atoms with Gasteiger partial charge in [0.05, 0.1) is 13.7 Å². The number of aryl methyl sites for hydroxylation is 1. The third kappa shape index (κ3) is 4.30. The van der Waals surface area contributed by atoms with Crippen molar-refractivity contribution in [2.45, 2.75) is 32.9 Å². The van der Waals surface area contributed by atoms with Gasteiger partial charge < -0.3 is 24.2 Å². The highest BCUT2D eigenvalue weighted by Crippen LogP contribution is 2.31. The van der Waals surface area contributed by atoms with Crippen LogP contribution < -0.4 is 14.8 Å². The predicted molar refractivity (Wildman–Crippen MR) is 118 cm³/mol. The maximum Gasteiger partial charge on any atom is 0.255 e. The van der Waals surface area contributed by atoms with Crippen LogP contribution in [-0.4, -0.2) is 41.6 Å². The molecule has 1 aliphatic rings. The van der Waals surface area contributed by atoms with Crippen LogP contribution >= 0.6 is 0 Å². The lowest BCUT2D eigenvalue weighted by atomic mass is 10.0. The van der Waals surface area contributed by atoms with Crippen molar-refractivity contribution in [3.8, 4) is 11.5 Å². The van der Waals surface area contributed by atoms with Crippen molar-refractivity contribution < 1.29 is 23.6 Å². The maximum absolute atomic E-state index is 13.3.